The second kappa shape index (κ2) is 9.53. The number of anilines is 1. The Morgan fingerprint density at radius 2 is 1.70 bits per heavy atom. The number of nitriles is 1. The van der Waals surface area contributed by atoms with Gasteiger partial charge in [0.2, 0.25) is 10.0 Å². The van der Waals surface area contributed by atoms with Crippen LogP contribution in [0.25, 0.3) is 22.0 Å². The number of benzene rings is 2. The normalized spacial score (nSPS) is 15.5. The second-order valence-electron chi connectivity index (χ2n) is 8.87. The van der Waals surface area contributed by atoms with Crippen molar-refractivity contribution in [2.24, 2.45) is 0 Å². The van der Waals surface area contributed by atoms with Crippen LogP contribution in [0.15, 0.2) is 71.8 Å². The van der Waals surface area contributed by atoms with Crippen molar-refractivity contribution in [3.05, 3.63) is 78.1 Å². The van der Waals surface area contributed by atoms with Gasteiger partial charge in [-0.3, -0.25) is 0 Å². The smallest absolute Gasteiger partial charge is 0.367 e. The number of aromatic nitrogens is 2. The summed E-state index contributed by atoms with van der Waals surface area (Å²) in [6.07, 6.45) is -2.66. The summed E-state index contributed by atoms with van der Waals surface area (Å²) in [5.41, 5.74) is 2.23. The first-order valence-electron chi connectivity index (χ1n) is 11.6. The monoisotopic (exact) mass is 525 g/mol. The predicted octanol–water partition coefficient (Wildman–Crippen LogP) is 5.39. The Hall–Kier alpha value is -3.88. The van der Waals surface area contributed by atoms with Crippen molar-refractivity contribution in [2.75, 3.05) is 18.4 Å². The molecular formula is C26H22F3N5O2S. The molecule has 0 amide bonds. The molecule has 0 unspecified atom stereocenters. The van der Waals surface area contributed by atoms with E-state index >= 15 is 0 Å². The Bertz CT molecular complexity index is 1570. The van der Waals surface area contributed by atoms with E-state index in [0.29, 0.717) is 24.4 Å². The van der Waals surface area contributed by atoms with E-state index in [1.807, 2.05) is 18.2 Å². The highest BCUT2D eigenvalue weighted by Crippen LogP contribution is 2.30. The van der Waals surface area contributed by atoms with Crippen molar-refractivity contribution < 1.29 is 21.6 Å². The molecule has 0 aliphatic carbocycles. The molecule has 2 aromatic heterocycles. The first kappa shape index (κ1) is 24.8. The van der Waals surface area contributed by atoms with E-state index in [0.717, 1.165) is 34.3 Å². The lowest BCUT2D eigenvalue weighted by Gasteiger charge is -2.32. The molecule has 1 saturated heterocycles. The maximum Gasteiger partial charge on any atom is 0.417 e. The molecule has 7 nitrogen and oxygen atoms in total. The fraction of sp³-hybridized carbons (Fsp3) is 0.231. The van der Waals surface area contributed by atoms with Crippen LogP contribution in [0.1, 0.15) is 24.1 Å². The minimum Gasteiger partial charge on any atom is -0.367 e. The fourth-order valence-corrected chi connectivity index (χ4v) is 5.90. The predicted molar refractivity (Wildman–Crippen MR) is 133 cm³/mol. The molecule has 0 saturated carbocycles. The van der Waals surface area contributed by atoms with Crippen LogP contribution in [0.4, 0.5) is 19.0 Å². The summed E-state index contributed by atoms with van der Waals surface area (Å²) in [7, 11) is -3.69. The molecule has 2 aromatic carbocycles. The molecule has 4 aromatic rings. The Kier molecular flexibility index (Phi) is 6.39. The van der Waals surface area contributed by atoms with Crippen LogP contribution in [-0.2, 0) is 16.2 Å². The van der Waals surface area contributed by atoms with Crippen LogP contribution in [0, 0.1) is 11.3 Å². The van der Waals surface area contributed by atoms with E-state index in [2.05, 4.69) is 21.4 Å². The zero-order chi connectivity index (χ0) is 26.2. The lowest BCUT2D eigenvalue weighted by atomic mass is 10.0. The minimum atomic E-state index is -4.44. The highest BCUT2D eigenvalue weighted by molar-refractivity contribution is 7.89. The third kappa shape index (κ3) is 5.16. The topological polar surface area (TPSA) is 102 Å². The standard InChI is InChI=1S/C26H22F3N5O2S/c27-26(28,29)20-5-8-25(31-16-20)33-21-9-11-34(12-10-21)37(35,36)23-6-3-17(4-7-23)18-1-2-19-13-22(15-30)32-24(19)14-18/h1-8,13-14,16,21,32H,9-12H2,(H,31,33). The van der Waals surface area contributed by atoms with Crippen molar-refractivity contribution in [1.29, 1.82) is 5.26 Å². The lowest BCUT2D eigenvalue weighted by Crippen LogP contribution is -2.42. The summed E-state index contributed by atoms with van der Waals surface area (Å²) < 4.78 is 66.0. The van der Waals surface area contributed by atoms with Gasteiger partial charge in [0.25, 0.3) is 0 Å². The zero-order valence-electron chi connectivity index (χ0n) is 19.5. The second-order valence-corrected chi connectivity index (χ2v) is 10.8. The van der Waals surface area contributed by atoms with E-state index in [-0.39, 0.29) is 24.0 Å². The molecule has 0 radical (unpaired) electrons. The van der Waals surface area contributed by atoms with Crippen LogP contribution in [-0.4, -0.2) is 41.8 Å². The minimum absolute atomic E-state index is 0.0949. The Labute approximate surface area is 211 Å². The molecule has 0 atom stereocenters. The third-order valence-electron chi connectivity index (χ3n) is 6.47. The van der Waals surface area contributed by atoms with Gasteiger partial charge in [0.15, 0.2) is 0 Å². The summed E-state index contributed by atoms with van der Waals surface area (Å²) >= 11 is 0. The number of hydrogen-bond acceptors (Lipinski definition) is 5. The molecule has 1 aliphatic rings. The number of nitrogens with zero attached hydrogens (tertiary/aromatic N) is 3. The highest BCUT2D eigenvalue weighted by Gasteiger charge is 2.32. The molecule has 37 heavy (non-hydrogen) atoms. The largest absolute Gasteiger partial charge is 0.417 e. The number of pyridine rings is 1. The quantitative estimate of drug-likeness (QED) is 0.364. The molecule has 0 spiro atoms. The van der Waals surface area contributed by atoms with Crippen LogP contribution < -0.4 is 5.32 Å². The van der Waals surface area contributed by atoms with Gasteiger partial charge in [-0.15, -0.1) is 0 Å². The van der Waals surface area contributed by atoms with Gasteiger partial charge in [-0.25, -0.2) is 13.4 Å². The average Bonchev–Trinajstić information content (AvgIpc) is 3.32. The fourth-order valence-electron chi connectivity index (χ4n) is 4.43. The van der Waals surface area contributed by atoms with Crippen LogP contribution in [0.3, 0.4) is 0 Å². The van der Waals surface area contributed by atoms with Crippen molar-refractivity contribution in [2.45, 2.75) is 30.0 Å². The maximum absolute atomic E-state index is 13.2. The van der Waals surface area contributed by atoms with Gasteiger partial charge >= 0.3 is 6.18 Å². The Morgan fingerprint density at radius 3 is 2.32 bits per heavy atom. The number of aromatic amines is 1. The summed E-state index contributed by atoms with van der Waals surface area (Å²) in [6, 6.07) is 18.4. The van der Waals surface area contributed by atoms with E-state index < -0.39 is 21.8 Å². The van der Waals surface area contributed by atoms with Gasteiger partial charge in [0.05, 0.1) is 10.5 Å². The van der Waals surface area contributed by atoms with E-state index in [1.54, 1.807) is 30.3 Å². The molecule has 0 bridgehead atoms. The first-order valence-corrected chi connectivity index (χ1v) is 13.0. The molecular weight excluding hydrogens is 503 g/mol. The number of hydrogen-bond donors (Lipinski definition) is 2. The van der Waals surface area contributed by atoms with Crippen molar-refractivity contribution in [3.63, 3.8) is 0 Å². The molecule has 5 rings (SSSR count). The number of fused-ring (bicyclic) bond motifs is 1. The van der Waals surface area contributed by atoms with Gasteiger partial charge in [-0.2, -0.15) is 22.7 Å². The first-order chi connectivity index (χ1) is 17.6. The number of rotatable bonds is 5. The van der Waals surface area contributed by atoms with Crippen molar-refractivity contribution >= 4 is 26.7 Å². The summed E-state index contributed by atoms with van der Waals surface area (Å²) in [5, 5.41) is 13.1. The highest BCUT2D eigenvalue weighted by atomic mass is 32.2. The SMILES string of the molecule is N#Cc1cc2ccc(-c3ccc(S(=O)(=O)N4CCC(Nc5ccc(C(F)(F)F)cn5)CC4)cc3)cc2[nH]1. The lowest BCUT2D eigenvalue weighted by molar-refractivity contribution is -0.137. The van der Waals surface area contributed by atoms with Gasteiger partial charge in [-0.05, 0) is 60.4 Å². The number of alkyl halides is 3. The van der Waals surface area contributed by atoms with Crippen LogP contribution in [0.5, 0.6) is 0 Å². The molecule has 11 heteroatoms. The van der Waals surface area contributed by atoms with Crippen molar-refractivity contribution in [3.8, 4) is 17.2 Å². The summed E-state index contributed by atoms with van der Waals surface area (Å²) in [4.78, 5) is 7.07. The molecule has 1 fully saturated rings. The number of halogens is 3. The van der Waals surface area contributed by atoms with Gasteiger partial charge in [-0.1, -0.05) is 24.3 Å². The molecule has 1 aliphatic heterocycles. The van der Waals surface area contributed by atoms with Crippen LogP contribution in [0.2, 0.25) is 0 Å². The number of sulfonamides is 1. The third-order valence-corrected chi connectivity index (χ3v) is 8.38. The summed E-state index contributed by atoms with van der Waals surface area (Å²) in [5.74, 6) is 0.325. The number of nitrogens with one attached hydrogen (secondary N) is 2. The summed E-state index contributed by atoms with van der Waals surface area (Å²) in [6.45, 7) is 0.570. The van der Waals surface area contributed by atoms with Crippen LogP contribution >= 0.6 is 0 Å². The van der Waals surface area contributed by atoms with Gasteiger partial charge in [0.1, 0.15) is 17.6 Å². The van der Waals surface area contributed by atoms with Gasteiger partial charge < -0.3 is 10.3 Å². The van der Waals surface area contributed by atoms with E-state index in [4.69, 9.17) is 5.26 Å². The number of piperidine rings is 1. The zero-order valence-corrected chi connectivity index (χ0v) is 20.3. The maximum atomic E-state index is 13.2. The van der Waals surface area contributed by atoms with E-state index in [9.17, 15) is 21.6 Å². The molecule has 2 N–H and O–H groups in total. The molecule has 190 valence electrons. The van der Waals surface area contributed by atoms with Crippen molar-refractivity contribution in [1.82, 2.24) is 14.3 Å². The van der Waals surface area contributed by atoms with Gasteiger partial charge in [0, 0.05) is 36.2 Å². The Morgan fingerprint density at radius 1 is 1.00 bits per heavy atom. The average molecular weight is 526 g/mol. The van der Waals surface area contributed by atoms with E-state index in [1.165, 1.54) is 10.4 Å². The molecule has 3 heterocycles. The Balaban J connectivity index is 1.23. The number of H-pyrrole nitrogens is 1.